The second-order valence-electron chi connectivity index (χ2n) is 6.81. The Morgan fingerprint density at radius 3 is 1.58 bits per heavy atom. The topological polar surface area (TPSA) is 38.7 Å². The van der Waals surface area contributed by atoms with Gasteiger partial charge in [0.15, 0.2) is 6.29 Å². The molecule has 0 spiro atoms. The molecule has 3 heteroatoms. The Morgan fingerprint density at radius 1 is 0.750 bits per heavy atom. The minimum absolute atomic E-state index is 0.194. The molecular formula is C21H42O3. The number of unbranched alkanes of at least 4 members (excludes halogenated alkanes) is 10. The molecule has 0 saturated carbocycles. The number of rotatable bonds is 19. The van der Waals surface area contributed by atoms with Gasteiger partial charge in [-0.3, -0.25) is 0 Å². The molecule has 0 bridgehead atoms. The van der Waals surface area contributed by atoms with Gasteiger partial charge in [-0.2, -0.15) is 0 Å². The highest BCUT2D eigenvalue weighted by Crippen LogP contribution is 2.12. The zero-order valence-corrected chi connectivity index (χ0v) is 16.4. The van der Waals surface area contributed by atoms with E-state index in [0.717, 1.165) is 26.1 Å². The van der Waals surface area contributed by atoms with E-state index in [4.69, 9.17) is 9.47 Å². The minimum Gasteiger partial charge on any atom is -0.513 e. The van der Waals surface area contributed by atoms with Gasteiger partial charge in [0, 0.05) is 26.1 Å². The first-order valence-corrected chi connectivity index (χ1v) is 10.3. The zero-order valence-electron chi connectivity index (χ0n) is 16.4. The third-order valence-electron chi connectivity index (χ3n) is 4.27. The summed E-state index contributed by atoms with van der Waals surface area (Å²) < 4.78 is 11.7. The van der Waals surface area contributed by atoms with Crippen molar-refractivity contribution in [2.75, 3.05) is 13.2 Å². The van der Waals surface area contributed by atoms with E-state index < -0.39 is 0 Å². The first kappa shape index (κ1) is 23.5. The van der Waals surface area contributed by atoms with Crippen molar-refractivity contribution in [3.05, 3.63) is 12.3 Å². The van der Waals surface area contributed by atoms with Crippen LogP contribution in [0.3, 0.4) is 0 Å². The van der Waals surface area contributed by atoms with Gasteiger partial charge in [-0.25, -0.2) is 0 Å². The van der Waals surface area contributed by atoms with Crippen molar-refractivity contribution in [1.29, 1.82) is 0 Å². The minimum atomic E-state index is -0.194. The summed E-state index contributed by atoms with van der Waals surface area (Å²) in [5, 5.41) is 9.28. The number of ether oxygens (including phenoxy) is 2. The molecule has 144 valence electrons. The molecule has 0 aliphatic heterocycles. The lowest BCUT2D eigenvalue weighted by molar-refractivity contribution is -0.147. The highest BCUT2D eigenvalue weighted by Gasteiger charge is 2.10. The molecular weight excluding hydrogens is 300 g/mol. The van der Waals surface area contributed by atoms with Crippen molar-refractivity contribution in [2.45, 2.75) is 110 Å². The SMILES string of the molecule is C=C(O)CCC(OCCCCCCCC)OCCCCCCCC. The third-order valence-corrected chi connectivity index (χ3v) is 4.27. The van der Waals surface area contributed by atoms with E-state index in [9.17, 15) is 5.11 Å². The average molecular weight is 343 g/mol. The summed E-state index contributed by atoms with van der Waals surface area (Å²) in [6.45, 7) is 9.54. The Hall–Kier alpha value is -0.540. The molecule has 24 heavy (non-hydrogen) atoms. The highest BCUT2D eigenvalue weighted by atomic mass is 16.7. The Morgan fingerprint density at radius 2 is 1.17 bits per heavy atom. The third kappa shape index (κ3) is 17.8. The molecule has 0 aromatic rings. The molecule has 0 radical (unpaired) electrons. The summed E-state index contributed by atoms with van der Waals surface area (Å²) in [5.41, 5.74) is 0. The van der Waals surface area contributed by atoms with Crippen molar-refractivity contribution < 1.29 is 14.6 Å². The Balaban J connectivity index is 3.70. The van der Waals surface area contributed by atoms with E-state index in [1.54, 1.807) is 0 Å². The standard InChI is InChI=1S/C21H42O3/c1-4-6-8-10-12-14-18-23-21(17-16-20(3)22)24-19-15-13-11-9-7-5-2/h21-22H,3-19H2,1-2H3. The smallest absolute Gasteiger partial charge is 0.157 e. The van der Waals surface area contributed by atoms with E-state index in [2.05, 4.69) is 20.4 Å². The van der Waals surface area contributed by atoms with Gasteiger partial charge in [0.05, 0.1) is 5.76 Å². The molecule has 0 aromatic carbocycles. The van der Waals surface area contributed by atoms with Crippen molar-refractivity contribution >= 4 is 0 Å². The molecule has 0 saturated heterocycles. The number of aliphatic hydroxyl groups excluding tert-OH is 1. The van der Waals surface area contributed by atoms with E-state index in [1.165, 1.54) is 64.2 Å². The van der Waals surface area contributed by atoms with Gasteiger partial charge in [-0.05, 0) is 12.8 Å². The average Bonchev–Trinajstić information content (AvgIpc) is 2.57. The van der Waals surface area contributed by atoms with E-state index in [-0.39, 0.29) is 12.0 Å². The summed E-state index contributed by atoms with van der Waals surface area (Å²) >= 11 is 0. The quantitative estimate of drug-likeness (QED) is 0.157. The van der Waals surface area contributed by atoms with Crippen LogP contribution in [0.25, 0.3) is 0 Å². The lowest BCUT2D eigenvalue weighted by atomic mass is 10.1. The van der Waals surface area contributed by atoms with Gasteiger partial charge >= 0.3 is 0 Å². The van der Waals surface area contributed by atoms with Gasteiger partial charge in [0.2, 0.25) is 0 Å². The Bertz CT molecular complexity index is 248. The van der Waals surface area contributed by atoms with Gasteiger partial charge in [0.1, 0.15) is 0 Å². The molecule has 0 heterocycles. The maximum Gasteiger partial charge on any atom is 0.157 e. The molecule has 0 atom stereocenters. The van der Waals surface area contributed by atoms with Crippen LogP contribution in [-0.2, 0) is 9.47 Å². The largest absolute Gasteiger partial charge is 0.513 e. The number of hydrogen-bond donors (Lipinski definition) is 1. The predicted octanol–water partition coefficient (Wildman–Crippen LogP) is 6.92. The summed E-state index contributed by atoms with van der Waals surface area (Å²) in [7, 11) is 0. The highest BCUT2D eigenvalue weighted by molar-refractivity contribution is 4.78. The number of allylic oxidation sites excluding steroid dienone is 1. The van der Waals surface area contributed by atoms with E-state index in [1.807, 2.05) is 0 Å². The van der Waals surface area contributed by atoms with Gasteiger partial charge in [-0.1, -0.05) is 84.6 Å². The predicted molar refractivity (Wildman–Crippen MR) is 103 cm³/mol. The van der Waals surface area contributed by atoms with Crippen molar-refractivity contribution in [3.8, 4) is 0 Å². The van der Waals surface area contributed by atoms with Crippen LogP contribution in [-0.4, -0.2) is 24.6 Å². The molecule has 0 aromatic heterocycles. The Kier molecular flexibility index (Phi) is 18.4. The van der Waals surface area contributed by atoms with E-state index in [0.29, 0.717) is 12.8 Å². The van der Waals surface area contributed by atoms with Crippen LogP contribution in [0, 0.1) is 0 Å². The normalized spacial score (nSPS) is 11.3. The molecule has 0 fully saturated rings. The monoisotopic (exact) mass is 342 g/mol. The van der Waals surface area contributed by atoms with Crippen LogP contribution in [0.4, 0.5) is 0 Å². The molecule has 0 rings (SSSR count). The van der Waals surface area contributed by atoms with Crippen LogP contribution in [0.2, 0.25) is 0 Å². The van der Waals surface area contributed by atoms with Crippen molar-refractivity contribution in [2.24, 2.45) is 0 Å². The summed E-state index contributed by atoms with van der Waals surface area (Å²) in [4.78, 5) is 0. The molecule has 0 aliphatic carbocycles. The van der Waals surface area contributed by atoms with Gasteiger partial charge in [0.25, 0.3) is 0 Å². The van der Waals surface area contributed by atoms with Crippen LogP contribution < -0.4 is 0 Å². The molecule has 1 N–H and O–H groups in total. The molecule has 3 nitrogen and oxygen atoms in total. The lowest BCUT2D eigenvalue weighted by Gasteiger charge is -2.18. The fourth-order valence-electron chi connectivity index (χ4n) is 2.69. The lowest BCUT2D eigenvalue weighted by Crippen LogP contribution is -2.19. The van der Waals surface area contributed by atoms with Crippen LogP contribution in [0.5, 0.6) is 0 Å². The fraction of sp³-hybridized carbons (Fsp3) is 0.905. The maximum atomic E-state index is 9.28. The fourth-order valence-corrected chi connectivity index (χ4v) is 2.69. The molecule has 0 amide bonds. The first-order valence-electron chi connectivity index (χ1n) is 10.3. The number of aliphatic hydroxyl groups is 1. The zero-order chi connectivity index (χ0) is 17.9. The van der Waals surface area contributed by atoms with E-state index >= 15 is 0 Å². The first-order chi connectivity index (χ1) is 11.7. The van der Waals surface area contributed by atoms with Crippen molar-refractivity contribution in [1.82, 2.24) is 0 Å². The van der Waals surface area contributed by atoms with Crippen molar-refractivity contribution in [3.63, 3.8) is 0 Å². The summed E-state index contributed by atoms with van der Waals surface area (Å²) in [6.07, 6.45) is 16.2. The second-order valence-corrected chi connectivity index (χ2v) is 6.81. The van der Waals surface area contributed by atoms with Crippen LogP contribution in [0.15, 0.2) is 12.3 Å². The molecule has 0 unspecified atom stereocenters. The van der Waals surface area contributed by atoms with Crippen LogP contribution in [0.1, 0.15) is 104 Å². The maximum absolute atomic E-state index is 9.28. The summed E-state index contributed by atoms with van der Waals surface area (Å²) in [5.74, 6) is 0.214. The Labute approximate surface area is 150 Å². The summed E-state index contributed by atoms with van der Waals surface area (Å²) in [6, 6.07) is 0. The number of hydrogen-bond acceptors (Lipinski definition) is 3. The molecule has 0 aliphatic rings. The van der Waals surface area contributed by atoms with Gasteiger partial charge < -0.3 is 14.6 Å². The van der Waals surface area contributed by atoms with Gasteiger partial charge in [-0.15, -0.1) is 0 Å². The second kappa shape index (κ2) is 18.8. The van der Waals surface area contributed by atoms with Crippen LogP contribution >= 0.6 is 0 Å².